The molecule has 23 heavy (non-hydrogen) atoms. The molecule has 0 saturated carbocycles. The summed E-state index contributed by atoms with van der Waals surface area (Å²) in [6.07, 6.45) is 4.98. The highest BCUT2D eigenvalue weighted by Gasteiger charge is 2.16. The summed E-state index contributed by atoms with van der Waals surface area (Å²) in [6.45, 7) is 1.65. The predicted molar refractivity (Wildman–Crippen MR) is 97.0 cm³/mol. The Hall–Kier alpha value is -1.86. The Morgan fingerprint density at radius 2 is 2.26 bits per heavy atom. The quantitative estimate of drug-likeness (QED) is 0.595. The number of nitrogens with zero attached hydrogens (tertiary/aromatic N) is 4. The monoisotopic (exact) mass is 334 g/mol. The maximum atomic E-state index is 4.30. The summed E-state index contributed by atoms with van der Waals surface area (Å²) in [7, 11) is 7.89. The van der Waals surface area contributed by atoms with Crippen molar-refractivity contribution in [1.82, 2.24) is 25.3 Å². The molecule has 2 heterocycles. The zero-order valence-electron chi connectivity index (χ0n) is 14.3. The SMILES string of the molecule is CN=C(NCCc1cccs1)NCC(c1cnn(C)c1)N(C)C. The number of likely N-dealkylation sites (N-methyl/N-ethyl adjacent to an activating group) is 1. The summed E-state index contributed by atoms with van der Waals surface area (Å²) >= 11 is 1.79. The molecule has 7 heteroatoms. The van der Waals surface area contributed by atoms with Crippen molar-refractivity contribution in [3.05, 3.63) is 40.3 Å². The summed E-state index contributed by atoms with van der Waals surface area (Å²) in [5, 5.41) is 13.1. The van der Waals surface area contributed by atoms with Crippen LogP contribution in [0.1, 0.15) is 16.5 Å². The highest BCUT2D eigenvalue weighted by Crippen LogP contribution is 2.16. The zero-order valence-corrected chi connectivity index (χ0v) is 15.1. The molecule has 0 spiro atoms. The van der Waals surface area contributed by atoms with E-state index >= 15 is 0 Å². The first-order valence-corrected chi connectivity index (χ1v) is 8.60. The van der Waals surface area contributed by atoms with Crippen LogP contribution in [0, 0.1) is 0 Å². The Balaban J connectivity index is 1.83. The van der Waals surface area contributed by atoms with Crippen molar-refractivity contribution in [2.75, 3.05) is 34.2 Å². The first-order chi connectivity index (χ1) is 11.1. The maximum absolute atomic E-state index is 4.30. The standard InChI is InChI=1S/C16H26N6S/c1-17-16(18-8-7-14-6-5-9-23-14)19-11-15(21(2)3)13-10-20-22(4)12-13/h5-6,9-10,12,15H,7-8,11H2,1-4H3,(H2,17,18,19). The van der Waals surface area contributed by atoms with Crippen LogP contribution in [0.25, 0.3) is 0 Å². The van der Waals surface area contributed by atoms with Gasteiger partial charge < -0.3 is 15.5 Å². The molecule has 0 radical (unpaired) electrons. The number of thiophene rings is 1. The molecular weight excluding hydrogens is 308 g/mol. The maximum Gasteiger partial charge on any atom is 0.191 e. The Bertz CT molecular complexity index is 602. The average molecular weight is 334 g/mol. The third-order valence-electron chi connectivity index (χ3n) is 3.66. The number of aliphatic imine (C=N–C) groups is 1. The molecule has 0 saturated heterocycles. The van der Waals surface area contributed by atoms with Crippen LogP contribution in [0.15, 0.2) is 34.9 Å². The van der Waals surface area contributed by atoms with Crippen molar-refractivity contribution in [2.45, 2.75) is 12.5 Å². The van der Waals surface area contributed by atoms with Gasteiger partial charge in [-0.3, -0.25) is 9.67 Å². The van der Waals surface area contributed by atoms with Gasteiger partial charge in [-0.05, 0) is 32.0 Å². The van der Waals surface area contributed by atoms with Crippen molar-refractivity contribution in [1.29, 1.82) is 0 Å². The van der Waals surface area contributed by atoms with Crippen LogP contribution in [0.4, 0.5) is 0 Å². The van der Waals surface area contributed by atoms with Gasteiger partial charge in [0.25, 0.3) is 0 Å². The van der Waals surface area contributed by atoms with Gasteiger partial charge in [-0.2, -0.15) is 5.10 Å². The Kier molecular flexibility index (Phi) is 6.61. The molecule has 0 aliphatic carbocycles. The Morgan fingerprint density at radius 3 is 2.83 bits per heavy atom. The Morgan fingerprint density at radius 1 is 1.43 bits per heavy atom. The lowest BCUT2D eigenvalue weighted by molar-refractivity contribution is 0.298. The van der Waals surface area contributed by atoms with Gasteiger partial charge in [0.1, 0.15) is 0 Å². The largest absolute Gasteiger partial charge is 0.356 e. The van der Waals surface area contributed by atoms with Gasteiger partial charge in [0.2, 0.25) is 0 Å². The molecule has 0 fully saturated rings. The van der Waals surface area contributed by atoms with E-state index in [-0.39, 0.29) is 6.04 Å². The van der Waals surface area contributed by atoms with Gasteiger partial charge in [0.05, 0.1) is 12.2 Å². The molecule has 0 aliphatic rings. The van der Waals surface area contributed by atoms with E-state index in [4.69, 9.17) is 0 Å². The van der Waals surface area contributed by atoms with Gasteiger partial charge in [0, 0.05) is 43.8 Å². The molecule has 6 nitrogen and oxygen atoms in total. The van der Waals surface area contributed by atoms with E-state index in [1.807, 2.05) is 17.9 Å². The fraction of sp³-hybridized carbons (Fsp3) is 0.500. The normalized spacial score (nSPS) is 13.3. The van der Waals surface area contributed by atoms with Gasteiger partial charge in [-0.15, -0.1) is 11.3 Å². The lowest BCUT2D eigenvalue weighted by Crippen LogP contribution is -2.42. The minimum atomic E-state index is 0.250. The minimum Gasteiger partial charge on any atom is -0.356 e. The second-order valence-corrected chi connectivity index (χ2v) is 6.67. The molecule has 126 valence electrons. The van der Waals surface area contributed by atoms with Crippen LogP contribution in [0.5, 0.6) is 0 Å². The van der Waals surface area contributed by atoms with E-state index in [2.05, 4.69) is 63.4 Å². The fourth-order valence-corrected chi connectivity index (χ4v) is 3.09. The number of aromatic nitrogens is 2. The molecule has 2 aromatic rings. The van der Waals surface area contributed by atoms with E-state index in [9.17, 15) is 0 Å². The Labute approximate surface area is 142 Å². The highest BCUT2D eigenvalue weighted by atomic mass is 32.1. The molecule has 2 N–H and O–H groups in total. The van der Waals surface area contributed by atoms with Crippen molar-refractivity contribution in [2.24, 2.45) is 12.0 Å². The van der Waals surface area contributed by atoms with Crippen molar-refractivity contribution >= 4 is 17.3 Å². The molecule has 0 amide bonds. The summed E-state index contributed by atoms with van der Waals surface area (Å²) in [4.78, 5) is 7.86. The van der Waals surface area contributed by atoms with E-state index in [0.717, 1.165) is 25.5 Å². The smallest absolute Gasteiger partial charge is 0.191 e. The van der Waals surface area contributed by atoms with Gasteiger partial charge >= 0.3 is 0 Å². The lowest BCUT2D eigenvalue weighted by Gasteiger charge is -2.24. The first-order valence-electron chi connectivity index (χ1n) is 7.72. The highest BCUT2D eigenvalue weighted by molar-refractivity contribution is 7.09. The number of nitrogens with one attached hydrogen (secondary N) is 2. The van der Waals surface area contributed by atoms with Crippen LogP contribution in [0.2, 0.25) is 0 Å². The molecular formula is C16H26N6S. The second-order valence-electron chi connectivity index (χ2n) is 5.64. The minimum absolute atomic E-state index is 0.250. The molecule has 1 atom stereocenters. The summed E-state index contributed by atoms with van der Waals surface area (Å²) in [6, 6.07) is 4.50. The molecule has 2 aromatic heterocycles. The van der Waals surface area contributed by atoms with E-state index < -0.39 is 0 Å². The van der Waals surface area contributed by atoms with Gasteiger partial charge in [0.15, 0.2) is 5.96 Å². The summed E-state index contributed by atoms with van der Waals surface area (Å²) in [5.74, 6) is 0.831. The number of rotatable bonds is 7. The van der Waals surface area contributed by atoms with E-state index in [1.54, 1.807) is 18.4 Å². The second kappa shape index (κ2) is 8.69. The number of guanidine groups is 1. The third-order valence-corrected chi connectivity index (χ3v) is 4.60. The molecule has 1 unspecified atom stereocenters. The van der Waals surface area contributed by atoms with Crippen molar-refractivity contribution in [3.63, 3.8) is 0 Å². The molecule has 0 aromatic carbocycles. The van der Waals surface area contributed by atoms with Crippen LogP contribution in [-0.2, 0) is 13.5 Å². The number of hydrogen-bond acceptors (Lipinski definition) is 4. The van der Waals surface area contributed by atoms with Crippen LogP contribution in [0.3, 0.4) is 0 Å². The van der Waals surface area contributed by atoms with Gasteiger partial charge in [-0.25, -0.2) is 0 Å². The van der Waals surface area contributed by atoms with E-state index in [0.29, 0.717) is 0 Å². The summed E-state index contributed by atoms with van der Waals surface area (Å²) in [5.41, 5.74) is 1.19. The van der Waals surface area contributed by atoms with Crippen molar-refractivity contribution in [3.8, 4) is 0 Å². The molecule has 0 aliphatic heterocycles. The molecule has 0 bridgehead atoms. The fourth-order valence-electron chi connectivity index (χ4n) is 2.38. The first kappa shape index (κ1) is 17.5. The summed E-state index contributed by atoms with van der Waals surface area (Å²) < 4.78 is 1.83. The van der Waals surface area contributed by atoms with E-state index in [1.165, 1.54) is 10.4 Å². The molecule has 2 rings (SSSR count). The van der Waals surface area contributed by atoms with Crippen LogP contribution >= 0.6 is 11.3 Å². The van der Waals surface area contributed by atoms with Crippen LogP contribution in [-0.4, -0.2) is 54.9 Å². The predicted octanol–water partition coefficient (Wildman–Crippen LogP) is 1.49. The number of aryl methyl sites for hydroxylation is 1. The van der Waals surface area contributed by atoms with Gasteiger partial charge in [-0.1, -0.05) is 6.07 Å². The third kappa shape index (κ3) is 5.37. The lowest BCUT2D eigenvalue weighted by atomic mass is 10.1. The van der Waals surface area contributed by atoms with Crippen molar-refractivity contribution < 1.29 is 0 Å². The topological polar surface area (TPSA) is 57.5 Å². The average Bonchev–Trinajstić information content (AvgIpc) is 3.17. The number of hydrogen-bond donors (Lipinski definition) is 2. The van der Waals surface area contributed by atoms with Crippen LogP contribution < -0.4 is 10.6 Å². The zero-order chi connectivity index (χ0) is 16.7.